The van der Waals surface area contributed by atoms with Crippen LogP contribution in [0.1, 0.15) is 11.3 Å². The molecule has 1 unspecified atom stereocenters. The van der Waals surface area contributed by atoms with E-state index in [1.807, 2.05) is 6.07 Å². The molecule has 104 valence electrons. The van der Waals surface area contributed by atoms with E-state index in [-0.39, 0.29) is 12.2 Å². The maximum absolute atomic E-state index is 13.1. The summed E-state index contributed by atoms with van der Waals surface area (Å²) in [5, 5.41) is 9.29. The topological polar surface area (TPSA) is 50.2 Å². The SMILES string of the molecule is O=C(O)C(Cc1cccc(F)c1)Cc1ccc(Br)cn1. The van der Waals surface area contributed by atoms with Crippen LogP contribution in [0.2, 0.25) is 0 Å². The molecule has 0 radical (unpaired) electrons. The summed E-state index contributed by atoms with van der Waals surface area (Å²) in [6.07, 6.45) is 2.24. The molecule has 0 saturated carbocycles. The van der Waals surface area contributed by atoms with E-state index in [9.17, 15) is 14.3 Å². The van der Waals surface area contributed by atoms with Gasteiger partial charge in [0.15, 0.2) is 0 Å². The van der Waals surface area contributed by atoms with E-state index in [1.165, 1.54) is 12.1 Å². The normalized spacial score (nSPS) is 12.1. The molecule has 1 N–H and O–H groups in total. The molecular formula is C15H13BrFNO2. The summed E-state index contributed by atoms with van der Waals surface area (Å²) in [5.41, 5.74) is 1.38. The van der Waals surface area contributed by atoms with E-state index in [0.29, 0.717) is 17.7 Å². The number of aromatic nitrogens is 1. The Morgan fingerprint density at radius 1 is 1.30 bits per heavy atom. The molecular weight excluding hydrogens is 325 g/mol. The van der Waals surface area contributed by atoms with Crippen LogP contribution in [0.3, 0.4) is 0 Å². The third-order valence-electron chi connectivity index (χ3n) is 2.96. The highest BCUT2D eigenvalue weighted by molar-refractivity contribution is 9.10. The molecule has 3 nitrogen and oxygen atoms in total. The van der Waals surface area contributed by atoms with Gasteiger partial charge in [0.2, 0.25) is 0 Å². The van der Waals surface area contributed by atoms with E-state index in [2.05, 4.69) is 20.9 Å². The number of benzene rings is 1. The van der Waals surface area contributed by atoms with Gasteiger partial charge in [0.05, 0.1) is 5.92 Å². The highest BCUT2D eigenvalue weighted by Gasteiger charge is 2.19. The number of carboxylic acid groups (broad SMARTS) is 1. The summed E-state index contributed by atoms with van der Waals surface area (Å²) in [7, 11) is 0. The van der Waals surface area contributed by atoms with Gasteiger partial charge in [0, 0.05) is 22.8 Å². The molecule has 0 bridgehead atoms. The summed E-state index contributed by atoms with van der Waals surface area (Å²) in [6, 6.07) is 9.63. The molecule has 0 saturated heterocycles. The second kappa shape index (κ2) is 6.61. The van der Waals surface area contributed by atoms with Crippen LogP contribution in [0.25, 0.3) is 0 Å². The van der Waals surface area contributed by atoms with Crippen molar-refractivity contribution in [1.29, 1.82) is 0 Å². The quantitative estimate of drug-likeness (QED) is 0.908. The largest absolute Gasteiger partial charge is 0.481 e. The summed E-state index contributed by atoms with van der Waals surface area (Å²) in [6.45, 7) is 0. The van der Waals surface area contributed by atoms with E-state index in [4.69, 9.17) is 0 Å². The van der Waals surface area contributed by atoms with E-state index in [0.717, 1.165) is 4.47 Å². The Labute approximate surface area is 124 Å². The molecule has 0 amide bonds. The van der Waals surface area contributed by atoms with Crippen LogP contribution in [0.5, 0.6) is 0 Å². The van der Waals surface area contributed by atoms with E-state index >= 15 is 0 Å². The lowest BCUT2D eigenvalue weighted by Crippen LogP contribution is -2.19. The number of carbonyl (C=O) groups is 1. The van der Waals surface area contributed by atoms with Gasteiger partial charge >= 0.3 is 5.97 Å². The number of hydrogen-bond acceptors (Lipinski definition) is 2. The molecule has 2 rings (SSSR count). The van der Waals surface area contributed by atoms with Crippen molar-refractivity contribution in [3.05, 3.63) is 64.1 Å². The van der Waals surface area contributed by atoms with Gasteiger partial charge in [-0.2, -0.15) is 0 Å². The van der Waals surface area contributed by atoms with Crippen LogP contribution in [0, 0.1) is 11.7 Å². The summed E-state index contributed by atoms with van der Waals surface area (Å²) >= 11 is 3.28. The molecule has 2 aromatic rings. The lowest BCUT2D eigenvalue weighted by atomic mass is 9.94. The predicted octanol–water partition coefficient (Wildman–Crippen LogP) is 3.47. The molecule has 1 heterocycles. The number of pyridine rings is 1. The fourth-order valence-electron chi connectivity index (χ4n) is 1.97. The van der Waals surface area contributed by atoms with Crippen molar-refractivity contribution in [3.63, 3.8) is 0 Å². The number of aliphatic carboxylic acids is 1. The van der Waals surface area contributed by atoms with E-state index in [1.54, 1.807) is 24.4 Å². The molecule has 0 fully saturated rings. The van der Waals surface area contributed by atoms with Crippen molar-refractivity contribution in [2.45, 2.75) is 12.8 Å². The van der Waals surface area contributed by atoms with Gasteiger partial charge in [-0.15, -0.1) is 0 Å². The number of nitrogens with zero attached hydrogens (tertiary/aromatic N) is 1. The van der Waals surface area contributed by atoms with Crippen molar-refractivity contribution in [1.82, 2.24) is 4.98 Å². The monoisotopic (exact) mass is 337 g/mol. The maximum atomic E-state index is 13.1. The van der Waals surface area contributed by atoms with Crippen LogP contribution in [0.4, 0.5) is 4.39 Å². The van der Waals surface area contributed by atoms with Crippen molar-refractivity contribution in [3.8, 4) is 0 Å². The molecule has 20 heavy (non-hydrogen) atoms. The van der Waals surface area contributed by atoms with Gasteiger partial charge in [-0.1, -0.05) is 12.1 Å². The zero-order valence-corrected chi connectivity index (χ0v) is 12.2. The zero-order chi connectivity index (χ0) is 14.5. The Bertz CT molecular complexity index is 601. The number of carboxylic acids is 1. The van der Waals surface area contributed by atoms with Crippen LogP contribution in [-0.4, -0.2) is 16.1 Å². The first kappa shape index (κ1) is 14.7. The van der Waals surface area contributed by atoms with Gasteiger partial charge in [-0.05, 0) is 52.2 Å². The van der Waals surface area contributed by atoms with Gasteiger partial charge in [-0.25, -0.2) is 4.39 Å². The molecule has 0 spiro atoms. The van der Waals surface area contributed by atoms with Crippen molar-refractivity contribution >= 4 is 21.9 Å². The standard InChI is InChI=1S/C15H13BrFNO2/c16-12-4-5-14(18-9-12)8-11(15(19)20)6-10-2-1-3-13(17)7-10/h1-5,7,9,11H,6,8H2,(H,19,20). The second-order valence-electron chi connectivity index (χ2n) is 4.54. The third kappa shape index (κ3) is 4.13. The minimum absolute atomic E-state index is 0.283. The predicted molar refractivity (Wildman–Crippen MR) is 76.9 cm³/mol. The minimum atomic E-state index is -0.904. The maximum Gasteiger partial charge on any atom is 0.307 e. The smallest absolute Gasteiger partial charge is 0.307 e. The molecule has 0 aliphatic rings. The molecule has 1 aromatic carbocycles. The summed E-state index contributed by atoms with van der Waals surface area (Å²) < 4.78 is 14.0. The molecule has 0 aliphatic carbocycles. The zero-order valence-electron chi connectivity index (χ0n) is 10.6. The highest BCUT2D eigenvalue weighted by Crippen LogP contribution is 2.16. The van der Waals surface area contributed by atoms with Gasteiger partial charge < -0.3 is 5.11 Å². The van der Waals surface area contributed by atoms with Crippen LogP contribution >= 0.6 is 15.9 Å². The van der Waals surface area contributed by atoms with Crippen LogP contribution in [-0.2, 0) is 17.6 Å². The van der Waals surface area contributed by atoms with Gasteiger partial charge in [-0.3, -0.25) is 9.78 Å². The highest BCUT2D eigenvalue weighted by atomic mass is 79.9. The number of hydrogen-bond donors (Lipinski definition) is 1. The Hall–Kier alpha value is -1.75. The van der Waals surface area contributed by atoms with Gasteiger partial charge in [0.25, 0.3) is 0 Å². The molecule has 1 aromatic heterocycles. The lowest BCUT2D eigenvalue weighted by molar-refractivity contribution is -0.141. The Balaban J connectivity index is 2.11. The molecule has 1 atom stereocenters. The van der Waals surface area contributed by atoms with Crippen molar-refractivity contribution in [2.24, 2.45) is 5.92 Å². The number of rotatable bonds is 5. The average molecular weight is 338 g/mol. The summed E-state index contributed by atoms with van der Waals surface area (Å²) in [4.78, 5) is 15.5. The summed E-state index contributed by atoms with van der Waals surface area (Å²) in [5.74, 6) is -1.88. The third-order valence-corrected chi connectivity index (χ3v) is 3.43. The lowest BCUT2D eigenvalue weighted by Gasteiger charge is -2.12. The first-order chi connectivity index (χ1) is 9.54. The van der Waals surface area contributed by atoms with Crippen LogP contribution in [0.15, 0.2) is 47.1 Å². The first-order valence-corrected chi connectivity index (χ1v) is 6.91. The Morgan fingerprint density at radius 2 is 2.10 bits per heavy atom. The second-order valence-corrected chi connectivity index (χ2v) is 5.46. The van der Waals surface area contributed by atoms with Crippen molar-refractivity contribution in [2.75, 3.05) is 0 Å². The number of halogens is 2. The first-order valence-electron chi connectivity index (χ1n) is 6.12. The fraction of sp³-hybridized carbons (Fsp3) is 0.200. The Morgan fingerprint density at radius 3 is 2.70 bits per heavy atom. The average Bonchev–Trinajstić information content (AvgIpc) is 2.40. The fourth-order valence-corrected chi connectivity index (χ4v) is 2.21. The van der Waals surface area contributed by atoms with Crippen molar-refractivity contribution < 1.29 is 14.3 Å². The Kier molecular flexibility index (Phi) is 4.84. The van der Waals surface area contributed by atoms with E-state index < -0.39 is 11.9 Å². The van der Waals surface area contributed by atoms with Gasteiger partial charge in [0.1, 0.15) is 5.82 Å². The minimum Gasteiger partial charge on any atom is -0.481 e. The molecule has 0 aliphatic heterocycles. The molecule has 5 heteroatoms. The van der Waals surface area contributed by atoms with Crippen LogP contribution < -0.4 is 0 Å².